The van der Waals surface area contributed by atoms with E-state index in [0.717, 1.165) is 6.42 Å². The lowest BCUT2D eigenvalue weighted by Gasteiger charge is -2.35. The normalized spacial score (nSPS) is 12.5. The van der Waals surface area contributed by atoms with Gasteiger partial charge in [-0.1, -0.05) is 19.1 Å². The molecule has 0 aliphatic carbocycles. The lowest BCUT2D eigenvalue weighted by atomic mass is 10.1. The highest BCUT2D eigenvalue weighted by molar-refractivity contribution is 5.56. The zero-order valence-corrected chi connectivity index (χ0v) is 13.4. The van der Waals surface area contributed by atoms with Crippen LogP contribution in [0.1, 0.15) is 51.4 Å². The lowest BCUT2D eigenvalue weighted by Crippen LogP contribution is -2.48. The van der Waals surface area contributed by atoms with Crippen LogP contribution in [0.2, 0.25) is 0 Å². The molecule has 0 fully saturated rings. The van der Waals surface area contributed by atoms with Gasteiger partial charge in [0.15, 0.2) is 0 Å². The average molecular weight is 263 g/mol. The molecule has 0 atom stereocenters. The number of nitrogens with zero attached hydrogens (tertiary/aromatic N) is 1. The summed E-state index contributed by atoms with van der Waals surface area (Å²) in [7, 11) is 0. The van der Waals surface area contributed by atoms with Crippen molar-refractivity contribution < 1.29 is 4.48 Å². The van der Waals surface area contributed by atoms with Gasteiger partial charge in [-0.15, -0.1) is 0 Å². The van der Waals surface area contributed by atoms with Gasteiger partial charge in [0.1, 0.15) is 0 Å². The molecule has 0 amide bonds. The first-order valence-corrected chi connectivity index (χ1v) is 7.83. The number of allylic oxidation sites excluding steroid dienone is 1. The summed E-state index contributed by atoms with van der Waals surface area (Å²) in [6.45, 7) is 16.2. The van der Waals surface area contributed by atoms with Gasteiger partial charge in [0, 0.05) is 18.3 Å². The third-order valence-electron chi connectivity index (χ3n) is 4.65. The van der Waals surface area contributed by atoms with E-state index < -0.39 is 0 Å². The molecule has 0 aliphatic heterocycles. The van der Waals surface area contributed by atoms with Gasteiger partial charge in [-0.2, -0.15) is 0 Å². The second kappa shape index (κ2) is 7.54. The molecule has 0 radical (unpaired) electrons. The van der Waals surface area contributed by atoms with Crippen LogP contribution in [-0.2, 0) is 12.8 Å². The number of aromatic amines is 1. The molecule has 0 spiro atoms. The number of quaternary nitrogens is 1. The van der Waals surface area contributed by atoms with Crippen LogP contribution in [-0.4, -0.2) is 35.6 Å². The van der Waals surface area contributed by atoms with Gasteiger partial charge in [0.05, 0.1) is 26.2 Å². The molecule has 2 nitrogen and oxygen atoms in total. The highest BCUT2D eigenvalue weighted by atomic mass is 15.3. The summed E-state index contributed by atoms with van der Waals surface area (Å²) in [5, 5.41) is 0. The van der Waals surface area contributed by atoms with Crippen LogP contribution in [0.4, 0.5) is 0 Å². The topological polar surface area (TPSA) is 15.8 Å². The summed E-state index contributed by atoms with van der Waals surface area (Å²) >= 11 is 0. The Balaban J connectivity index is 2.85. The maximum atomic E-state index is 3.44. The Morgan fingerprint density at radius 3 is 2.21 bits per heavy atom. The first-order chi connectivity index (χ1) is 9.16. The molecule has 1 N–H and O–H groups in total. The predicted molar refractivity (Wildman–Crippen MR) is 85.3 cm³/mol. The molecule has 0 saturated carbocycles. The molecule has 0 aromatic carbocycles. The van der Waals surface area contributed by atoms with E-state index in [9.17, 15) is 0 Å². The van der Waals surface area contributed by atoms with E-state index in [2.05, 4.69) is 58.0 Å². The molecule has 0 bridgehead atoms. The number of aryl methyl sites for hydroxylation is 1. The fourth-order valence-electron chi connectivity index (χ4n) is 2.90. The zero-order chi connectivity index (χ0) is 14.3. The zero-order valence-electron chi connectivity index (χ0n) is 13.4. The molecule has 1 aromatic rings. The number of hydrogen-bond donors (Lipinski definition) is 1. The second-order valence-electron chi connectivity index (χ2n) is 5.32. The Labute approximate surface area is 119 Å². The minimum Gasteiger partial charge on any atom is -0.364 e. The van der Waals surface area contributed by atoms with Gasteiger partial charge in [-0.3, -0.25) is 0 Å². The number of H-pyrrole nitrogens is 1. The summed E-state index contributed by atoms with van der Waals surface area (Å²) in [5.41, 5.74) is 4.27. The molecule has 19 heavy (non-hydrogen) atoms. The van der Waals surface area contributed by atoms with Crippen molar-refractivity contribution >= 4 is 6.08 Å². The fourth-order valence-corrected chi connectivity index (χ4v) is 2.90. The molecule has 108 valence electrons. The Bertz CT molecular complexity index is 389. The van der Waals surface area contributed by atoms with Crippen LogP contribution in [0.15, 0.2) is 12.3 Å². The summed E-state index contributed by atoms with van der Waals surface area (Å²) in [6, 6.07) is 0. The average Bonchev–Trinajstić information content (AvgIpc) is 2.84. The van der Waals surface area contributed by atoms with Gasteiger partial charge in [0.2, 0.25) is 0 Å². The summed E-state index contributed by atoms with van der Waals surface area (Å²) in [5.74, 6) is 0. The molecule has 0 unspecified atom stereocenters. The third-order valence-corrected chi connectivity index (χ3v) is 4.65. The first kappa shape index (κ1) is 16.0. The number of aromatic nitrogens is 1. The number of likely N-dealkylation sites (N-methyl/N-ethyl adjacent to an activating group) is 1. The van der Waals surface area contributed by atoms with Gasteiger partial charge >= 0.3 is 0 Å². The molecule has 0 saturated heterocycles. The quantitative estimate of drug-likeness (QED) is 0.682. The van der Waals surface area contributed by atoms with E-state index >= 15 is 0 Å². The minimum atomic E-state index is 1.08. The van der Waals surface area contributed by atoms with Crippen molar-refractivity contribution in [2.75, 3.05) is 26.2 Å². The highest BCUT2D eigenvalue weighted by Crippen LogP contribution is 2.19. The minimum absolute atomic E-state index is 1.08. The SMILES string of the molecule is C/C=C\c1c(CC[N+](CC)(CC)CC)c[nH]c1CC. The Kier molecular flexibility index (Phi) is 6.36. The highest BCUT2D eigenvalue weighted by Gasteiger charge is 2.21. The molecule has 0 aliphatic rings. The monoisotopic (exact) mass is 263 g/mol. The molecular weight excluding hydrogens is 232 g/mol. The van der Waals surface area contributed by atoms with Gasteiger partial charge in [-0.05, 0) is 45.2 Å². The number of hydrogen-bond acceptors (Lipinski definition) is 0. The first-order valence-electron chi connectivity index (χ1n) is 7.83. The van der Waals surface area contributed by atoms with E-state index in [1.165, 1.54) is 53.9 Å². The van der Waals surface area contributed by atoms with Crippen LogP contribution >= 0.6 is 0 Å². The van der Waals surface area contributed by atoms with Gasteiger partial charge in [0.25, 0.3) is 0 Å². The second-order valence-corrected chi connectivity index (χ2v) is 5.32. The van der Waals surface area contributed by atoms with E-state index in [1.54, 1.807) is 0 Å². The smallest absolute Gasteiger partial charge is 0.0828 e. The van der Waals surface area contributed by atoms with Crippen molar-refractivity contribution in [3.8, 4) is 0 Å². The van der Waals surface area contributed by atoms with Crippen LogP contribution in [0.5, 0.6) is 0 Å². The third kappa shape index (κ3) is 3.73. The van der Waals surface area contributed by atoms with E-state index in [-0.39, 0.29) is 0 Å². The number of nitrogens with one attached hydrogen (secondary N) is 1. The molecule has 1 aromatic heterocycles. The van der Waals surface area contributed by atoms with Gasteiger partial charge < -0.3 is 9.47 Å². The molecule has 1 heterocycles. The summed E-state index contributed by atoms with van der Waals surface area (Å²) < 4.78 is 1.22. The van der Waals surface area contributed by atoms with Gasteiger partial charge in [-0.25, -0.2) is 0 Å². The van der Waals surface area contributed by atoms with Crippen LogP contribution in [0.3, 0.4) is 0 Å². The standard InChI is InChI=1S/C17H31N2/c1-6-11-16-15(14-18-17(16)7-2)12-13-19(8-3,9-4)10-5/h6,11,14,18H,7-10,12-13H2,1-5H3/q+1/b11-6-. The molecular formula is C17H31N2+. The van der Waals surface area contributed by atoms with Crippen molar-refractivity contribution in [1.29, 1.82) is 0 Å². The predicted octanol–water partition coefficient (Wildman–Crippen LogP) is 4.03. The van der Waals surface area contributed by atoms with Crippen molar-refractivity contribution in [2.45, 2.75) is 47.5 Å². The van der Waals surface area contributed by atoms with E-state index in [0.29, 0.717) is 0 Å². The maximum absolute atomic E-state index is 3.44. The van der Waals surface area contributed by atoms with Crippen molar-refractivity contribution in [1.82, 2.24) is 4.98 Å². The fraction of sp³-hybridized carbons (Fsp3) is 0.647. The van der Waals surface area contributed by atoms with E-state index in [4.69, 9.17) is 0 Å². The largest absolute Gasteiger partial charge is 0.364 e. The Hall–Kier alpha value is -1.02. The molecule has 2 heteroatoms. The van der Waals surface area contributed by atoms with Crippen LogP contribution < -0.4 is 0 Å². The van der Waals surface area contributed by atoms with E-state index in [1.807, 2.05) is 0 Å². The van der Waals surface area contributed by atoms with Crippen molar-refractivity contribution in [3.63, 3.8) is 0 Å². The number of rotatable bonds is 8. The van der Waals surface area contributed by atoms with Crippen LogP contribution in [0.25, 0.3) is 6.08 Å². The maximum Gasteiger partial charge on any atom is 0.0828 e. The lowest BCUT2D eigenvalue weighted by molar-refractivity contribution is -0.923. The van der Waals surface area contributed by atoms with Crippen LogP contribution in [0, 0.1) is 0 Å². The Morgan fingerprint density at radius 2 is 1.74 bits per heavy atom. The summed E-state index contributed by atoms with van der Waals surface area (Å²) in [6.07, 6.45) is 8.86. The molecule has 1 rings (SSSR count). The van der Waals surface area contributed by atoms with Crippen molar-refractivity contribution in [3.05, 3.63) is 29.1 Å². The summed E-state index contributed by atoms with van der Waals surface area (Å²) in [4.78, 5) is 3.44. The van der Waals surface area contributed by atoms with Crippen molar-refractivity contribution in [2.24, 2.45) is 0 Å². The Morgan fingerprint density at radius 1 is 1.11 bits per heavy atom.